The third-order valence-corrected chi connectivity index (χ3v) is 5.29. The Morgan fingerprint density at radius 1 is 1.19 bits per heavy atom. The minimum absolute atomic E-state index is 0.0497. The Morgan fingerprint density at radius 3 is 2.71 bits per heavy atom. The molecule has 4 rings (SSSR count). The molecule has 0 aliphatic carbocycles. The number of hydrogen-bond donors (Lipinski definition) is 2. The summed E-state index contributed by atoms with van der Waals surface area (Å²) in [6.07, 6.45) is 3.97. The van der Waals surface area contributed by atoms with Crippen LogP contribution in [0.3, 0.4) is 0 Å². The van der Waals surface area contributed by atoms with Crippen LogP contribution in [0.2, 0.25) is 0 Å². The van der Waals surface area contributed by atoms with Crippen LogP contribution in [-0.4, -0.2) is 71.8 Å². The van der Waals surface area contributed by atoms with E-state index < -0.39 is 5.91 Å². The predicted molar refractivity (Wildman–Crippen MR) is 119 cm³/mol. The highest BCUT2D eigenvalue weighted by atomic mass is 16.5. The second kappa shape index (κ2) is 9.67. The van der Waals surface area contributed by atoms with E-state index in [1.54, 1.807) is 4.57 Å². The van der Waals surface area contributed by atoms with E-state index in [4.69, 9.17) is 4.74 Å². The van der Waals surface area contributed by atoms with Crippen LogP contribution < -0.4 is 16.1 Å². The summed E-state index contributed by atoms with van der Waals surface area (Å²) in [6, 6.07) is 9.49. The van der Waals surface area contributed by atoms with Gasteiger partial charge in [0, 0.05) is 44.8 Å². The third-order valence-electron chi connectivity index (χ3n) is 5.29. The summed E-state index contributed by atoms with van der Waals surface area (Å²) in [4.78, 5) is 36.4. The molecule has 9 nitrogen and oxygen atoms in total. The summed E-state index contributed by atoms with van der Waals surface area (Å²) in [6.45, 7) is 5.20. The number of fused-ring (bicyclic) bond motifs is 1. The lowest BCUT2D eigenvalue weighted by atomic mass is 10.2. The Bertz CT molecular complexity index is 1110. The minimum Gasteiger partial charge on any atom is -0.379 e. The molecule has 162 valence electrons. The highest BCUT2D eigenvalue weighted by Crippen LogP contribution is 2.17. The van der Waals surface area contributed by atoms with Crippen molar-refractivity contribution >= 4 is 22.9 Å². The Hall–Kier alpha value is -3.30. The fraction of sp³-hybridized carbons (Fsp3) is 0.364. The molecule has 1 aliphatic heterocycles. The van der Waals surface area contributed by atoms with E-state index in [-0.39, 0.29) is 11.0 Å². The van der Waals surface area contributed by atoms with Crippen molar-refractivity contribution in [2.24, 2.45) is 0 Å². The van der Waals surface area contributed by atoms with Gasteiger partial charge < -0.3 is 19.9 Å². The minimum atomic E-state index is -0.443. The zero-order valence-corrected chi connectivity index (χ0v) is 17.5. The maximum Gasteiger partial charge on any atom is 0.256 e. The van der Waals surface area contributed by atoms with E-state index in [0.717, 1.165) is 51.5 Å². The van der Waals surface area contributed by atoms with Crippen molar-refractivity contribution in [1.29, 1.82) is 0 Å². The molecule has 1 aliphatic rings. The number of anilines is 1. The highest BCUT2D eigenvalue weighted by molar-refractivity contribution is 5.97. The van der Waals surface area contributed by atoms with Gasteiger partial charge in [-0.2, -0.15) is 4.98 Å². The fourth-order valence-corrected chi connectivity index (χ4v) is 3.61. The molecule has 1 fully saturated rings. The Labute approximate surface area is 180 Å². The van der Waals surface area contributed by atoms with E-state index >= 15 is 0 Å². The van der Waals surface area contributed by atoms with Gasteiger partial charge in [0.25, 0.3) is 5.91 Å². The maximum absolute atomic E-state index is 12.9. The van der Waals surface area contributed by atoms with Gasteiger partial charge in [0.05, 0.1) is 18.6 Å². The molecule has 0 atom stereocenters. The van der Waals surface area contributed by atoms with Crippen LogP contribution in [0.15, 0.2) is 47.5 Å². The topological polar surface area (TPSA) is 101 Å². The van der Waals surface area contributed by atoms with Crippen molar-refractivity contribution in [2.45, 2.75) is 6.42 Å². The van der Waals surface area contributed by atoms with E-state index in [9.17, 15) is 9.59 Å². The second-order valence-corrected chi connectivity index (χ2v) is 7.32. The van der Waals surface area contributed by atoms with Gasteiger partial charge in [0.1, 0.15) is 5.56 Å². The summed E-state index contributed by atoms with van der Waals surface area (Å²) >= 11 is 0. The van der Waals surface area contributed by atoms with Gasteiger partial charge in [-0.15, -0.1) is 0 Å². The first-order valence-corrected chi connectivity index (χ1v) is 10.4. The first-order chi connectivity index (χ1) is 15.2. The number of pyridine rings is 1. The number of amides is 1. The summed E-state index contributed by atoms with van der Waals surface area (Å²) < 4.78 is 7.13. The molecular formula is C22H26N6O3. The van der Waals surface area contributed by atoms with Gasteiger partial charge in [-0.1, -0.05) is 18.2 Å². The molecule has 0 unspecified atom stereocenters. The summed E-state index contributed by atoms with van der Waals surface area (Å²) in [5.41, 5.74) is 0.915. The number of rotatable bonds is 7. The highest BCUT2D eigenvalue weighted by Gasteiger charge is 2.17. The smallest absolute Gasteiger partial charge is 0.256 e. The monoisotopic (exact) mass is 422 g/mol. The van der Waals surface area contributed by atoms with Crippen LogP contribution in [0.5, 0.6) is 0 Å². The first-order valence-electron chi connectivity index (χ1n) is 10.4. The van der Waals surface area contributed by atoms with Crippen LogP contribution in [0.1, 0.15) is 16.8 Å². The number of ether oxygens (including phenoxy) is 1. The average Bonchev–Trinajstić information content (AvgIpc) is 2.83. The SMILES string of the molecule is CNC(=O)c1cn(-c2ccccc2)c2nc(NCCCN3CCOCC3)ncc2c1=O. The number of aromatic nitrogens is 3. The number of para-hydroxylation sites is 1. The molecule has 9 heteroatoms. The number of nitrogens with zero attached hydrogens (tertiary/aromatic N) is 4. The quantitative estimate of drug-likeness (QED) is 0.553. The first kappa shape index (κ1) is 21.0. The van der Waals surface area contributed by atoms with Crippen molar-refractivity contribution in [3.05, 3.63) is 58.5 Å². The molecule has 3 aromatic rings. The van der Waals surface area contributed by atoms with Gasteiger partial charge in [-0.25, -0.2) is 4.98 Å². The molecule has 0 saturated carbocycles. The number of carbonyl (C=O) groups excluding carboxylic acids is 1. The van der Waals surface area contributed by atoms with Gasteiger partial charge in [0.15, 0.2) is 5.65 Å². The molecule has 1 aromatic carbocycles. The standard InChI is InChI=1S/C22H26N6O3/c1-23-21(30)18-15-28(16-6-3-2-4-7-16)20-17(19(18)29)14-25-22(26-20)24-8-5-9-27-10-12-31-13-11-27/h2-4,6-7,14-15H,5,8-13H2,1H3,(H,23,30)(H,24,25,26). The number of carbonyl (C=O) groups is 1. The van der Waals surface area contributed by atoms with Crippen molar-refractivity contribution < 1.29 is 9.53 Å². The second-order valence-electron chi connectivity index (χ2n) is 7.32. The number of hydrogen-bond acceptors (Lipinski definition) is 7. The summed E-state index contributed by atoms with van der Waals surface area (Å²) in [5.74, 6) is 0.00754. The molecule has 0 radical (unpaired) electrons. The Balaban J connectivity index is 1.61. The molecule has 2 aromatic heterocycles. The average molecular weight is 422 g/mol. The van der Waals surface area contributed by atoms with Crippen molar-refractivity contribution in [3.8, 4) is 5.69 Å². The summed E-state index contributed by atoms with van der Waals surface area (Å²) in [7, 11) is 1.50. The lowest BCUT2D eigenvalue weighted by Gasteiger charge is -2.26. The van der Waals surface area contributed by atoms with Gasteiger partial charge in [-0.3, -0.25) is 14.5 Å². The molecule has 0 spiro atoms. The van der Waals surface area contributed by atoms with Crippen LogP contribution in [0.25, 0.3) is 16.7 Å². The molecular weight excluding hydrogens is 396 g/mol. The van der Waals surface area contributed by atoms with Crippen molar-refractivity contribution in [2.75, 3.05) is 51.8 Å². The van der Waals surface area contributed by atoms with Gasteiger partial charge in [-0.05, 0) is 25.1 Å². The zero-order chi connectivity index (χ0) is 21.6. The van der Waals surface area contributed by atoms with Gasteiger partial charge >= 0.3 is 0 Å². The summed E-state index contributed by atoms with van der Waals surface area (Å²) in [5, 5.41) is 6.06. The fourth-order valence-electron chi connectivity index (χ4n) is 3.61. The zero-order valence-electron chi connectivity index (χ0n) is 17.5. The molecule has 0 bridgehead atoms. The molecule has 1 saturated heterocycles. The van der Waals surface area contributed by atoms with E-state index in [1.165, 1.54) is 19.4 Å². The molecule has 31 heavy (non-hydrogen) atoms. The maximum atomic E-state index is 12.9. The third kappa shape index (κ3) is 4.73. The van der Waals surface area contributed by atoms with Crippen LogP contribution in [0.4, 0.5) is 5.95 Å². The number of benzene rings is 1. The normalized spacial score (nSPS) is 14.5. The molecule has 2 N–H and O–H groups in total. The predicted octanol–water partition coefficient (Wildman–Crippen LogP) is 1.27. The van der Waals surface area contributed by atoms with Crippen LogP contribution >= 0.6 is 0 Å². The number of nitrogens with one attached hydrogen (secondary N) is 2. The van der Waals surface area contributed by atoms with Crippen LogP contribution in [0, 0.1) is 0 Å². The Morgan fingerprint density at radius 2 is 1.97 bits per heavy atom. The molecule has 3 heterocycles. The van der Waals surface area contributed by atoms with E-state index in [2.05, 4.69) is 25.5 Å². The van der Waals surface area contributed by atoms with Crippen molar-refractivity contribution in [1.82, 2.24) is 24.8 Å². The lowest BCUT2D eigenvalue weighted by molar-refractivity contribution is 0.0378. The largest absolute Gasteiger partial charge is 0.379 e. The van der Waals surface area contributed by atoms with E-state index in [1.807, 2.05) is 30.3 Å². The van der Waals surface area contributed by atoms with Crippen molar-refractivity contribution in [3.63, 3.8) is 0 Å². The lowest BCUT2D eigenvalue weighted by Crippen LogP contribution is -2.37. The Kier molecular flexibility index (Phi) is 6.54. The van der Waals surface area contributed by atoms with Gasteiger partial charge in [0.2, 0.25) is 11.4 Å². The molecule has 1 amide bonds. The van der Waals surface area contributed by atoms with Crippen LogP contribution in [-0.2, 0) is 4.74 Å². The van der Waals surface area contributed by atoms with E-state index in [0.29, 0.717) is 17.0 Å². The number of morpholine rings is 1.